The number of nitrogens with two attached hydrogens (primary N) is 1. The van der Waals surface area contributed by atoms with E-state index >= 15 is 0 Å². The number of thioether (sulfide) groups is 1. The van der Waals surface area contributed by atoms with Gasteiger partial charge in [0.2, 0.25) is 17.7 Å². The summed E-state index contributed by atoms with van der Waals surface area (Å²) < 4.78 is 0. The fourth-order valence-electron chi connectivity index (χ4n) is 6.50. The average Bonchev–Trinajstić information content (AvgIpc) is 3.14. The average molecular weight is 784 g/mol. The van der Waals surface area contributed by atoms with Crippen molar-refractivity contribution in [2.45, 2.75) is 219 Å². The second kappa shape index (κ2) is 36.2. The van der Waals surface area contributed by atoms with Crippen LogP contribution in [0.1, 0.15) is 206 Å². The van der Waals surface area contributed by atoms with Gasteiger partial charge in [-0.2, -0.15) is 0 Å². The fraction of sp³-hybridized carbons (Fsp3) is 0.857. The van der Waals surface area contributed by atoms with Gasteiger partial charge in [-0.05, 0) is 19.3 Å². The van der Waals surface area contributed by atoms with Crippen molar-refractivity contribution in [2.75, 3.05) is 12.3 Å². The lowest BCUT2D eigenvalue weighted by atomic mass is 10.0. The standard InChI is InChI=1S/C42H77N3O8S/c1-3-5-7-9-11-13-15-17-19-21-23-25-27-29-37(46)45(38(47)32-31-35(43)42(52)53)36(41(51)44-33-39(48)49)34-54-40(50)30-28-26-24-22-20-18-16-14-12-10-8-6-4-2/h35-36H,3-34,43H2,1-2H3,(H,44,51)(H,48,49)(H,52,53)/t35-,36-/m0/s1. The maximum atomic E-state index is 13.6. The summed E-state index contributed by atoms with van der Waals surface area (Å²) in [6.45, 7) is 3.73. The Balaban J connectivity index is 5.06. The predicted octanol–water partition coefficient (Wildman–Crippen LogP) is 9.33. The number of rotatable bonds is 38. The summed E-state index contributed by atoms with van der Waals surface area (Å²) in [6.07, 6.45) is 29.6. The van der Waals surface area contributed by atoms with Crippen LogP contribution in [-0.4, -0.2) is 74.3 Å². The van der Waals surface area contributed by atoms with Crippen LogP contribution < -0.4 is 11.1 Å². The molecule has 0 saturated carbocycles. The highest BCUT2D eigenvalue weighted by Gasteiger charge is 2.35. The van der Waals surface area contributed by atoms with Crippen LogP contribution in [0.5, 0.6) is 0 Å². The van der Waals surface area contributed by atoms with E-state index in [1.165, 1.54) is 109 Å². The van der Waals surface area contributed by atoms with E-state index in [9.17, 15) is 33.9 Å². The number of carbonyl (C=O) groups is 6. The van der Waals surface area contributed by atoms with E-state index in [-0.39, 0.29) is 23.7 Å². The molecule has 0 aliphatic rings. The van der Waals surface area contributed by atoms with Crippen molar-refractivity contribution < 1.29 is 39.0 Å². The van der Waals surface area contributed by atoms with Crippen molar-refractivity contribution in [1.82, 2.24) is 10.2 Å². The minimum atomic E-state index is -1.42. The zero-order valence-electron chi connectivity index (χ0n) is 34.1. The van der Waals surface area contributed by atoms with Crippen molar-refractivity contribution in [3.8, 4) is 0 Å². The molecule has 0 heterocycles. The number of aliphatic carboxylic acids is 2. The van der Waals surface area contributed by atoms with Crippen LogP contribution in [0.15, 0.2) is 0 Å². The molecule has 314 valence electrons. The highest BCUT2D eigenvalue weighted by atomic mass is 32.2. The Labute approximate surface area is 331 Å². The fourth-order valence-corrected chi connectivity index (χ4v) is 7.44. The van der Waals surface area contributed by atoms with Crippen LogP contribution >= 0.6 is 11.8 Å². The van der Waals surface area contributed by atoms with Crippen LogP contribution in [0.2, 0.25) is 0 Å². The van der Waals surface area contributed by atoms with Gasteiger partial charge in [0.25, 0.3) is 0 Å². The number of nitrogens with one attached hydrogen (secondary N) is 1. The van der Waals surface area contributed by atoms with Crippen molar-refractivity contribution in [1.29, 1.82) is 0 Å². The van der Waals surface area contributed by atoms with E-state index in [0.717, 1.165) is 61.6 Å². The number of imide groups is 1. The highest BCUT2D eigenvalue weighted by Crippen LogP contribution is 2.20. The molecule has 54 heavy (non-hydrogen) atoms. The molecule has 0 saturated heterocycles. The maximum absolute atomic E-state index is 13.6. The van der Waals surface area contributed by atoms with Gasteiger partial charge in [-0.25, -0.2) is 0 Å². The molecule has 0 radical (unpaired) electrons. The van der Waals surface area contributed by atoms with Gasteiger partial charge in [-0.15, -0.1) is 0 Å². The van der Waals surface area contributed by atoms with Crippen molar-refractivity contribution in [2.24, 2.45) is 5.73 Å². The number of hydrogen-bond donors (Lipinski definition) is 4. The van der Waals surface area contributed by atoms with Crippen LogP contribution in [0, 0.1) is 0 Å². The second-order valence-electron chi connectivity index (χ2n) is 14.9. The van der Waals surface area contributed by atoms with Gasteiger partial charge in [0.15, 0.2) is 5.12 Å². The van der Waals surface area contributed by atoms with Gasteiger partial charge >= 0.3 is 11.9 Å². The van der Waals surface area contributed by atoms with E-state index in [1.54, 1.807) is 0 Å². The summed E-state index contributed by atoms with van der Waals surface area (Å²) >= 11 is 0.859. The summed E-state index contributed by atoms with van der Waals surface area (Å²) in [6, 6.07) is -2.75. The number of carbonyl (C=O) groups excluding carboxylic acids is 4. The largest absolute Gasteiger partial charge is 0.480 e. The molecule has 12 heteroatoms. The Bertz CT molecular complexity index is 1030. The summed E-state index contributed by atoms with van der Waals surface area (Å²) in [5.74, 6) is -5.04. The lowest BCUT2D eigenvalue weighted by Crippen LogP contribution is -2.54. The Kier molecular flexibility index (Phi) is 34.5. The van der Waals surface area contributed by atoms with Crippen LogP contribution in [0.4, 0.5) is 0 Å². The molecule has 0 aliphatic carbocycles. The number of carboxylic acid groups (broad SMARTS) is 2. The van der Waals surface area contributed by atoms with E-state index in [4.69, 9.17) is 10.8 Å². The quantitative estimate of drug-likeness (QED) is 0.0440. The van der Waals surface area contributed by atoms with E-state index < -0.39 is 54.7 Å². The van der Waals surface area contributed by atoms with E-state index in [1.807, 2.05) is 0 Å². The molecule has 0 aromatic heterocycles. The first kappa shape index (κ1) is 51.5. The Hall–Kier alpha value is -2.47. The first-order valence-electron chi connectivity index (χ1n) is 21.5. The van der Waals surface area contributed by atoms with E-state index in [2.05, 4.69) is 19.2 Å². The summed E-state index contributed by atoms with van der Waals surface area (Å²) in [4.78, 5) is 76.5. The van der Waals surface area contributed by atoms with Crippen LogP contribution in [0.3, 0.4) is 0 Å². The lowest BCUT2D eigenvalue weighted by Gasteiger charge is -2.29. The molecule has 0 rings (SSSR count). The second-order valence-corrected chi connectivity index (χ2v) is 16.0. The smallest absolute Gasteiger partial charge is 0.322 e. The Morgan fingerprint density at radius 3 is 1.31 bits per heavy atom. The van der Waals surface area contributed by atoms with Crippen molar-refractivity contribution >= 4 is 46.5 Å². The molecule has 0 bridgehead atoms. The molecule has 5 N–H and O–H groups in total. The Morgan fingerprint density at radius 1 is 0.556 bits per heavy atom. The molecule has 3 amide bonds. The summed E-state index contributed by atoms with van der Waals surface area (Å²) in [5.41, 5.74) is 5.62. The third kappa shape index (κ3) is 29.8. The van der Waals surface area contributed by atoms with Gasteiger partial charge in [0.1, 0.15) is 18.6 Å². The highest BCUT2D eigenvalue weighted by molar-refractivity contribution is 8.13. The molecule has 0 unspecified atom stereocenters. The monoisotopic (exact) mass is 784 g/mol. The first-order chi connectivity index (χ1) is 26.0. The van der Waals surface area contributed by atoms with Gasteiger partial charge < -0.3 is 21.3 Å². The minimum Gasteiger partial charge on any atom is -0.480 e. The molecular formula is C42H77N3O8S. The lowest BCUT2D eigenvalue weighted by molar-refractivity contribution is -0.151. The number of hydrogen-bond acceptors (Lipinski definition) is 8. The molecule has 2 atom stereocenters. The molecule has 0 aliphatic heterocycles. The summed E-state index contributed by atoms with van der Waals surface area (Å²) in [7, 11) is 0. The molecule has 0 fully saturated rings. The first-order valence-corrected chi connectivity index (χ1v) is 22.5. The zero-order valence-corrected chi connectivity index (χ0v) is 34.9. The van der Waals surface area contributed by atoms with Crippen LogP contribution in [-0.2, 0) is 28.8 Å². The molecule has 0 spiro atoms. The van der Waals surface area contributed by atoms with Crippen LogP contribution in [0.25, 0.3) is 0 Å². The van der Waals surface area contributed by atoms with Gasteiger partial charge in [0.05, 0.1) is 0 Å². The van der Waals surface area contributed by atoms with Gasteiger partial charge in [-0.1, -0.05) is 180 Å². The third-order valence-corrected chi connectivity index (χ3v) is 10.9. The number of unbranched alkanes of at least 4 members (excludes halogenated alkanes) is 24. The number of amides is 3. The van der Waals surface area contributed by atoms with Crippen molar-refractivity contribution in [3.63, 3.8) is 0 Å². The van der Waals surface area contributed by atoms with Gasteiger partial charge in [-0.3, -0.25) is 33.7 Å². The van der Waals surface area contributed by atoms with E-state index in [0.29, 0.717) is 19.3 Å². The SMILES string of the molecule is CCCCCCCCCCCCCCCC(=O)SC[C@@H](C(=O)NCC(=O)O)N(C(=O)CCCCCCCCCCCCCCC)C(=O)CC[C@H](N)C(=O)O. The van der Waals surface area contributed by atoms with Gasteiger partial charge in [0, 0.05) is 25.0 Å². The minimum absolute atomic E-state index is 0.00519. The zero-order chi connectivity index (χ0) is 40.2. The third-order valence-electron chi connectivity index (χ3n) is 9.93. The number of carboxylic acids is 2. The summed E-state index contributed by atoms with van der Waals surface area (Å²) in [5, 5.41) is 20.5. The Morgan fingerprint density at radius 2 is 0.926 bits per heavy atom. The maximum Gasteiger partial charge on any atom is 0.322 e. The van der Waals surface area contributed by atoms with Crippen molar-refractivity contribution in [3.05, 3.63) is 0 Å². The molecular weight excluding hydrogens is 707 g/mol. The predicted molar refractivity (Wildman–Crippen MR) is 219 cm³/mol. The normalized spacial score (nSPS) is 12.3. The molecule has 0 aromatic carbocycles. The number of nitrogens with zero attached hydrogens (tertiary/aromatic N) is 1. The molecule has 0 aromatic rings. The topological polar surface area (TPSA) is 184 Å². The molecule has 11 nitrogen and oxygen atoms in total.